The second kappa shape index (κ2) is 9.77. The fourth-order valence-corrected chi connectivity index (χ4v) is 10.8. The van der Waals surface area contributed by atoms with Gasteiger partial charge in [0.15, 0.2) is 0 Å². The van der Waals surface area contributed by atoms with E-state index in [1.54, 1.807) is 0 Å². The molecule has 188 valence electrons. The first kappa shape index (κ1) is 27.5. The number of esters is 1. The first-order valence-electron chi connectivity index (χ1n) is 12.7. The number of benzene rings is 2. The molecule has 35 heavy (non-hydrogen) atoms. The molecule has 0 amide bonds. The Hall–Kier alpha value is -2.07. The van der Waals surface area contributed by atoms with E-state index in [2.05, 4.69) is 59.1 Å². The van der Waals surface area contributed by atoms with Crippen molar-refractivity contribution < 1.29 is 18.8 Å². The van der Waals surface area contributed by atoms with Crippen molar-refractivity contribution in [3.8, 4) is 11.5 Å². The molecular formula is C29H41BO4Si. The van der Waals surface area contributed by atoms with E-state index in [0.29, 0.717) is 22.2 Å². The van der Waals surface area contributed by atoms with Gasteiger partial charge in [-0.25, -0.2) is 4.79 Å². The zero-order valence-corrected chi connectivity index (χ0v) is 24.3. The molecule has 0 atom stereocenters. The van der Waals surface area contributed by atoms with Crippen LogP contribution in [0.2, 0.25) is 16.6 Å². The highest BCUT2D eigenvalue weighted by Crippen LogP contribution is 2.41. The smallest absolute Gasteiger partial charge is 0.465 e. The molecular weight excluding hydrogens is 451 g/mol. The third-order valence-electron chi connectivity index (χ3n) is 8.22. The maximum absolute atomic E-state index is 12.5. The van der Waals surface area contributed by atoms with E-state index in [9.17, 15) is 4.79 Å². The number of fused-ring (bicyclic) bond motifs is 1. The second-order valence-corrected chi connectivity index (χ2v) is 17.3. The predicted molar refractivity (Wildman–Crippen MR) is 149 cm³/mol. The topological polar surface area (TPSA) is 44.8 Å². The molecule has 0 spiro atoms. The number of methoxy groups -OCH3 is 1. The van der Waals surface area contributed by atoms with Crippen LogP contribution in [0, 0.1) is 11.5 Å². The van der Waals surface area contributed by atoms with Gasteiger partial charge in [0, 0.05) is 5.56 Å². The Balaban J connectivity index is 2.31. The Bertz CT molecular complexity index is 1130. The van der Waals surface area contributed by atoms with Crippen LogP contribution >= 0.6 is 0 Å². The Morgan fingerprint density at radius 2 is 1.49 bits per heavy atom. The number of ether oxygens (including phenoxy) is 1. The number of carbonyl (C=O) groups excluding carboxylic acids is 1. The molecule has 3 rings (SSSR count). The van der Waals surface area contributed by atoms with Gasteiger partial charge in [-0.3, -0.25) is 0 Å². The normalized spacial score (nSPS) is 17.3. The molecule has 0 aromatic heterocycles. The molecule has 4 nitrogen and oxygen atoms in total. The van der Waals surface area contributed by atoms with Gasteiger partial charge in [0.1, 0.15) is 8.07 Å². The highest BCUT2D eigenvalue weighted by molar-refractivity contribution is 6.90. The zero-order valence-electron chi connectivity index (χ0n) is 23.3. The van der Waals surface area contributed by atoms with Crippen molar-refractivity contribution in [2.75, 3.05) is 7.11 Å². The molecule has 2 aromatic rings. The van der Waals surface area contributed by atoms with Gasteiger partial charge >= 0.3 is 13.1 Å². The molecule has 2 aromatic carbocycles. The van der Waals surface area contributed by atoms with Crippen molar-refractivity contribution in [3.63, 3.8) is 0 Å². The van der Waals surface area contributed by atoms with Crippen LogP contribution in [-0.2, 0) is 14.0 Å². The van der Waals surface area contributed by atoms with E-state index in [1.165, 1.54) is 7.11 Å². The number of rotatable bonds is 5. The summed E-state index contributed by atoms with van der Waals surface area (Å²) in [5, 5.41) is 1.90. The molecule has 0 unspecified atom stereocenters. The first-order valence-corrected chi connectivity index (χ1v) is 14.9. The van der Waals surface area contributed by atoms with Gasteiger partial charge in [0.05, 0.1) is 23.9 Å². The van der Waals surface area contributed by atoms with Gasteiger partial charge in [-0.15, -0.1) is 5.54 Å². The molecule has 1 aliphatic rings. The largest absolute Gasteiger partial charge is 0.495 e. The molecule has 1 fully saturated rings. The molecule has 6 heteroatoms. The number of hydrogen-bond donors (Lipinski definition) is 0. The fraction of sp³-hybridized carbons (Fsp3) is 0.552. The summed E-state index contributed by atoms with van der Waals surface area (Å²) in [5.74, 6) is 3.24. The van der Waals surface area contributed by atoms with Gasteiger partial charge in [-0.05, 0) is 78.8 Å². The third kappa shape index (κ3) is 4.83. The highest BCUT2D eigenvalue weighted by atomic mass is 28.3. The van der Waals surface area contributed by atoms with Crippen LogP contribution in [0.4, 0.5) is 0 Å². The lowest BCUT2D eigenvalue weighted by atomic mass is 9.74. The second-order valence-electron chi connectivity index (χ2n) is 11.7. The summed E-state index contributed by atoms with van der Waals surface area (Å²) in [6.07, 6.45) is 0. The monoisotopic (exact) mass is 492 g/mol. The predicted octanol–water partition coefficient (Wildman–Crippen LogP) is 6.50. The van der Waals surface area contributed by atoms with Crippen molar-refractivity contribution in [1.82, 2.24) is 0 Å². The maximum atomic E-state index is 12.5. The Kier molecular flexibility index (Phi) is 7.68. The molecule has 0 radical (unpaired) electrons. The van der Waals surface area contributed by atoms with Crippen LogP contribution in [0.1, 0.15) is 85.2 Å². The molecule has 0 saturated carbocycles. The van der Waals surface area contributed by atoms with Gasteiger partial charge in [-0.2, -0.15) is 0 Å². The third-order valence-corrected chi connectivity index (χ3v) is 14.5. The summed E-state index contributed by atoms with van der Waals surface area (Å²) in [7, 11) is -1.14. The molecule has 0 bridgehead atoms. The summed E-state index contributed by atoms with van der Waals surface area (Å²) in [4.78, 5) is 12.5. The Labute approximate surface area is 213 Å². The van der Waals surface area contributed by atoms with Crippen LogP contribution in [0.5, 0.6) is 0 Å². The van der Waals surface area contributed by atoms with Gasteiger partial charge < -0.3 is 14.0 Å². The summed E-state index contributed by atoms with van der Waals surface area (Å²) in [6, 6.07) is 9.81. The molecule has 1 heterocycles. The summed E-state index contributed by atoms with van der Waals surface area (Å²) in [5.41, 5.74) is 6.72. The van der Waals surface area contributed by atoms with E-state index in [1.807, 2.05) is 52.0 Å². The SMILES string of the molecule is COC(=O)c1cc(B2OC(C)(C)C(C)(C)O2)c2c(C#C[Si](C(C)C)(C(C)C)C(C)C)cccc2c1. The van der Waals surface area contributed by atoms with Crippen LogP contribution in [0.3, 0.4) is 0 Å². The van der Waals surface area contributed by atoms with Crippen LogP contribution in [0.15, 0.2) is 30.3 Å². The van der Waals surface area contributed by atoms with Crippen LogP contribution in [0.25, 0.3) is 10.8 Å². The quantitative estimate of drug-likeness (QED) is 0.272. The van der Waals surface area contributed by atoms with E-state index < -0.39 is 26.4 Å². The Morgan fingerprint density at radius 1 is 0.943 bits per heavy atom. The average Bonchev–Trinajstić information content (AvgIpc) is 2.98. The lowest BCUT2D eigenvalue weighted by molar-refractivity contribution is 0.00578. The van der Waals surface area contributed by atoms with Gasteiger partial charge in [-0.1, -0.05) is 59.6 Å². The average molecular weight is 493 g/mol. The maximum Gasteiger partial charge on any atom is 0.495 e. The van der Waals surface area contributed by atoms with Crippen LogP contribution in [-0.4, -0.2) is 39.5 Å². The lowest BCUT2D eigenvalue weighted by Gasteiger charge is -2.38. The van der Waals surface area contributed by atoms with Crippen molar-refractivity contribution in [3.05, 3.63) is 41.5 Å². The first-order chi connectivity index (χ1) is 16.2. The zero-order chi connectivity index (χ0) is 26.3. The van der Waals surface area contributed by atoms with Gasteiger partial charge in [0.2, 0.25) is 0 Å². The summed E-state index contributed by atoms with van der Waals surface area (Å²) < 4.78 is 17.9. The van der Waals surface area contributed by atoms with E-state index in [4.69, 9.17) is 14.0 Å². The van der Waals surface area contributed by atoms with Crippen LogP contribution < -0.4 is 5.46 Å². The molecule has 0 N–H and O–H groups in total. The molecule has 1 saturated heterocycles. The fourth-order valence-electron chi connectivity index (χ4n) is 5.57. The number of carbonyl (C=O) groups is 1. The molecule has 0 aliphatic carbocycles. The summed E-state index contributed by atoms with van der Waals surface area (Å²) in [6.45, 7) is 22.1. The number of hydrogen-bond acceptors (Lipinski definition) is 4. The lowest BCUT2D eigenvalue weighted by Crippen LogP contribution is -2.43. The minimum atomic E-state index is -1.92. The Morgan fingerprint density at radius 3 is 1.97 bits per heavy atom. The molecule has 1 aliphatic heterocycles. The van der Waals surface area contributed by atoms with E-state index in [0.717, 1.165) is 21.8 Å². The van der Waals surface area contributed by atoms with E-state index in [-0.39, 0.29) is 5.97 Å². The van der Waals surface area contributed by atoms with Crippen molar-refractivity contribution in [2.24, 2.45) is 0 Å². The van der Waals surface area contributed by atoms with E-state index >= 15 is 0 Å². The van der Waals surface area contributed by atoms with Gasteiger partial charge in [0.25, 0.3) is 0 Å². The minimum absolute atomic E-state index is 0.382. The standard InChI is InChI=1S/C29H41BO4Si/c1-19(2)35(20(3)4,21(5)6)16-15-22-13-12-14-23-17-24(27(31)32-11)18-25(26(22)23)30-33-28(7,8)29(9,10)34-30/h12-14,17-21H,1-11H3. The highest BCUT2D eigenvalue weighted by Gasteiger charge is 2.52. The summed E-state index contributed by atoms with van der Waals surface area (Å²) >= 11 is 0. The van der Waals surface area contributed by atoms with Crippen molar-refractivity contribution in [1.29, 1.82) is 0 Å². The minimum Gasteiger partial charge on any atom is -0.465 e. The van der Waals surface area contributed by atoms with Crippen molar-refractivity contribution in [2.45, 2.75) is 97.1 Å². The van der Waals surface area contributed by atoms with Crippen molar-refractivity contribution >= 4 is 37.4 Å².